The van der Waals surface area contributed by atoms with Gasteiger partial charge in [0.15, 0.2) is 0 Å². The maximum atomic E-state index is 12.4. The fourth-order valence-electron chi connectivity index (χ4n) is 5.81. The highest BCUT2D eigenvalue weighted by Crippen LogP contribution is 2.47. The molecule has 4 fully saturated rings. The Hall–Kier alpha value is -1.55. The maximum absolute atomic E-state index is 12.4. The minimum Gasteiger partial charge on any atom is -0.462 e. The monoisotopic (exact) mass is 354 g/mol. The molecular weight excluding hydrogens is 324 g/mol. The molecule has 0 radical (unpaired) electrons. The fourth-order valence-corrected chi connectivity index (χ4v) is 5.81. The minimum absolute atomic E-state index is 0.108. The summed E-state index contributed by atoms with van der Waals surface area (Å²) in [6.07, 6.45) is 7.98. The Kier molecular flexibility index (Phi) is 4.00. The van der Waals surface area contributed by atoms with Gasteiger partial charge in [-0.2, -0.15) is 0 Å². The topological polar surface area (TPSA) is 32.8 Å². The van der Waals surface area contributed by atoms with Crippen molar-refractivity contribution in [2.45, 2.75) is 51.0 Å². The number of rotatable bonds is 4. The van der Waals surface area contributed by atoms with Gasteiger partial charge in [-0.25, -0.2) is 0 Å². The van der Waals surface area contributed by atoms with E-state index in [1.807, 2.05) is 0 Å². The lowest BCUT2D eigenvalue weighted by molar-refractivity contribution is -0.150. The van der Waals surface area contributed by atoms with E-state index in [2.05, 4.69) is 40.1 Å². The van der Waals surface area contributed by atoms with Crippen molar-refractivity contribution in [1.82, 2.24) is 4.90 Å². The van der Waals surface area contributed by atoms with Gasteiger partial charge in [0, 0.05) is 50.2 Å². The van der Waals surface area contributed by atoms with Crippen LogP contribution in [-0.2, 0) is 9.53 Å². The van der Waals surface area contributed by atoms with Crippen LogP contribution in [0.15, 0.2) is 30.3 Å². The lowest BCUT2D eigenvalue weighted by atomic mass is 9.71. The zero-order valence-electron chi connectivity index (χ0n) is 15.7. The van der Waals surface area contributed by atoms with Crippen molar-refractivity contribution < 1.29 is 9.53 Å². The second-order valence-electron chi connectivity index (χ2n) is 9.26. The second-order valence-corrected chi connectivity index (χ2v) is 9.26. The van der Waals surface area contributed by atoms with E-state index >= 15 is 0 Å². The summed E-state index contributed by atoms with van der Waals surface area (Å²) >= 11 is 0. The quantitative estimate of drug-likeness (QED) is 0.775. The van der Waals surface area contributed by atoms with Crippen molar-refractivity contribution in [2.75, 3.05) is 37.6 Å². The van der Waals surface area contributed by atoms with Crippen LogP contribution in [0, 0.1) is 10.8 Å². The molecule has 1 aliphatic carbocycles. The normalized spacial score (nSPS) is 29.5. The molecule has 0 N–H and O–H groups in total. The summed E-state index contributed by atoms with van der Waals surface area (Å²) < 4.78 is 5.77. The van der Waals surface area contributed by atoms with Gasteiger partial charge in [-0.3, -0.25) is 4.79 Å². The molecule has 4 aliphatic rings. The standard InChI is InChI=1S/C22H30N2O2/c25-20-22(10-5-2-6-11-22)13-19(26-20)9-12-23-14-21(15-23)16-24(17-21)18-7-3-1-4-8-18/h1,3-4,7-8,19H,2,5-6,9-17H2. The highest BCUT2D eigenvalue weighted by Gasteiger charge is 2.52. The minimum atomic E-state index is -0.108. The molecule has 4 heteroatoms. The summed E-state index contributed by atoms with van der Waals surface area (Å²) in [6, 6.07) is 10.7. The highest BCUT2D eigenvalue weighted by molar-refractivity contribution is 5.79. The Morgan fingerprint density at radius 3 is 2.46 bits per heavy atom. The van der Waals surface area contributed by atoms with Crippen LogP contribution in [0.4, 0.5) is 5.69 Å². The van der Waals surface area contributed by atoms with Crippen LogP contribution in [0.1, 0.15) is 44.9 Å². The molecule has 2 spiro atoms. The van der Waals surface area contributed by atoms with Gasteiger partial charge in [-0.15, -0.1) is 0 Å². The zero-order chi connectivity index (χ0) is 17.6. The number of esters is 1. The van der Waals surface area contributed by atoms with E-state index in [0.29, 0.717) is 5.41 Å². The van der Waals surface area contributed by atoms with Crippen molar-refractivity contribution in [2.24, 2.45) is 10.8 Å². The first-order valence-electron chi connectivity index (χ1n) is 10.4. The molecule has 3 heterocycles. The molecule has 3 aliphatic heterocycles. The molecular formula is C22H30N2O2. The average Bonchev–Trinajstić information content (AvgIpc) is 2.89. The number of benzene rings is 1. The predicted molar refractivity (Wildman–Crippen MR) is 102 cm³/mol. The second kappa shape index (κ2) is 6.26. The lowest BCUT2D eigenvalue weighted by Crippen LogP contribution is -2.72. The third kappa shape index (κ3) is 2.83. The van der Waals surface area contributed by atoms with Crippen LogP contribution < -0.4 is 4.90 Å². The summed E-state index contributed by atoms with van der Waals surface area (Å²) in [4.78, 5) is 17.4. The summed E-state index contributed by atoms with van der Waals surface area (Å²) in [5.74, 6) is 0.111. The molecule has 3 saturated heterocycles. The number of carbonyl (C=O) groups excluding carboxylic acids is 1. The van der Waals surface area contributed by atoms with Crippen LogP contribution in [0.2, 0.25) is 0 Å². The lowest BCUT2D eigenvalue weighted by Gasteiger charge is -2.61. The third-order valence-electron chi connectivity index (χ3n) is 7.20. The fraction of sp³-hybridized carbons (Fsp3) is 0.682. The Morgan fingerprint density at radius 1 is 1.00 bits per heavy atom. The molecule has 5 rings (SSSR count). The van der Waals surface area contributed by atoms with Gasteiger partial charge in [0.2, 0.25) is 0 Å². The van der Waals surface area contributed by atoms with Gasteiger partial charge in [0.25, 0.3) is 0 Å². The van der Waals surface area contributed by atoms with E-state index in [-0.39, 0.29) is 17.5 Å². The number of ether oxygens (including phenoxy) is 1. The Balaban J connectivity index is 1.06. The Bertz CT molecular complexity index is 654. The van der Waals surface area contributed by atoms with Crippen molar-refractivity contribution in [1.29, 1.82) is 0 Å². The third-order valence-corrected chi connectivity index (χ3v) is 7.20. The first-order chi connectivity index (χ1) is 12.7. The van der Waals surface area contributed by atoms with E-state index < -0.39 is 0 Å². The molecule has 4 nitrogen and oxygen atoms in total. The van der Waals surface area contributed by atoms with Gasteiger partial charge in [0.05, 0.1) is 5.41 Å². The summed E-state index contributed by atoms with van der Waals surface area (Å²) in [5.41, 5.74) is 1.77. The smallest absolute Gasteiger partial charge is 0.312 e. The van der Waals surface area contributed by atoms with Gasteiger partial charge < -0.3 is 14.5 Å². The molecule has 1 unspecified atom stereocenters. The van der Waals surface area contributed by atoms with Crippen molar-refractivity contribution in [3.05, 3.63) is 30.3 Å². The van der Waals surface area contributed by atoms with E-state index in [9.17, 15) is 4.79 Å². The van der Waals surface area contributed by atoms with Gasteiger partial charge in [0.1, 0.15) is 6.10 Å². The Labute approximate surface area is 156 Å². The van der Waals surface area contributed by atoms with E-state index in [1.165, 1.54) is 51.1 Å². The van der Waals surface area contributed by atoms with Crippen LogP contribution in [0.3, 0.4) is 0 Å². The first-order valence-corrected chi connectivity index (χ1v) is 10.4. The molecule has 26 heavy (non-hydrogen) atoms. The Morgan fingerprint density at radius 2 is 1.73 bits per heavy atom. The van der Waals surface area contributed by atoms with Crippen molar-refractivity contribution in [3.63, 3.8) is 0 Å². The number of nitrogens with zero attached hydrogens (tertiary/aromatic N) is 2. The van der Waals surface area contributed by atoms with Crippen molar-refractivity contribution >= 4 is 11.7 Å². The average molecular weight is 354 g/mol. The SMILES string of the molecule is O=C1OC(CCN2CC3(C2)CN(c2ccccc2)C3)CC12CCCCC2. The number of hydrogen-bond donors (Lipinski definition) is 0. The van der Waals surface area contributed by atoms with Crippen molar-refractivity contribution in [3.8, 4) is 0 Å². The zero-order valence-corrected chi connectivity index (χ0v) is 15.7. The van der Waals surface area contributed by atoms with E-state index in [1.54, 1.807) is 0 Å². The van der Waals surface area contributed by atoms with Gasteiger partial charge in [-0.1, -0.05) is 37.5 Å². The van der Waals surface area contributed by atoms with Gasteiger partial charge >= 0.3 is 5.97 Å². The molecule has 0 amide bonds. The number of carbonyl (C=O) groups is 1. The number of anilines is 1. The molecule has 0 aromatic heterocycles. The molecule has 1 aromatic carbocycles. The predicted octanol–water partition coefficient (Wildman–Crippen LogP) is 3.46. The molecule has 1 atom stereocenters. The number of para-hydroxylation sites is 1. The first kappa shape index (κ1) is 16.6. The molecule has 0 bridgehead atoms. The van der Waals surface area contributed by atoms with E-state index in [4.69, 9.17) is 4.74 Å². The van der Waals surface area contributed by atoms with Gasteiger partial charge in [-0.05, 0) is 31.4 Å². The van der Waals surface area contributed by atoms with Crippen LogP contribution in [-0.4, -0.2) is 49.7 Å². The number of cyclic esters (lactones) is 1. The highest BCUT2D eigenvalue weighted by atomic mass is 16.6. The van der Waals surface area contributed by atoms with Crippen LogP contribution in [0.5, 0.6) is 0 Å². The van der Waals surface area contributed by atoms with Crippen LogP contribution in [0.25, 0.3) is 0 Å². The molecule has 1 saturated carbocycles. The largest absolute Gasteiger partial charge is 0.462 e. The molecule has 140 valence electrons. The maximum Gasteiger partial charge on any atom is 0.312 e. The summed E-state index contributed by atoms with van der Waals surface area (Å²) in [5, 5.41) is 0. The van der Waals surface area contributed by atoms with Crippen LogP contribution >= 0.6 is 0 Å². The number of likely N-dealkylation sites (tertiary alicyclic amines) is 1. The van der Waals surface area contributed by atoms with E-state index in [0.717, 1.165) is 32.2 Å². The number of hydrogen-bond acceptors (Lipinski definition) is 4. The molecule has 1 aromatic rings. The summed E-state index contributed by atoms with van der Waals surface area (Å²) in [6.45, 7) is 5.88. The summed E-state index contributed by atoms with van der Waals surface area (Å²) in [7, 11) is 0.